The summed E-state index contributed by atoms with van der Waals surface area (Å²) in [5.74, 6) is 0.197. The molecule has 3 nitrogen and oxygen atoms in total. The molecule has 2 rings (SSSR count). The van der Waals surface area contributed by atoms with Gasteiger partial charge in [-0.05, 0) is 44.8 Å². The first kappa shape index (κ1) is 13.1. The third kappa shape index (κ3) is 3.57. The fourth-order valence-electron chi connectivity index (χ4n) is 2.51. The van der Waals surface area contributed by atoms with E-state index in [1.807, 2.05) is 13.1 Å². The van der Waals surface area contributed by atoms with Gasteiger partial charge in [-0.25, -0.2) is 0 Å². The number of likely N-dealkylation sites (N-methyl/N-ethyl adjacent to an activating group) is 1. The molecule has 1 heterocycles. The van der Waals surface area contributed by atoms with Crippen LogP contribution in [0.25, 0.3) is 0 Å². The molecule has 0 aliphatic carbocycles. The minimum atomic E-state index is 0.0988. The van der Waals surface area contributed by atoms with Crippen LogP contribution in [0, 0.1) is 0 Å². The van der Waals surface area contributed by atoms with Gasteiger partial charge in [0.1, 0.15) is 0 Å². The molecule has 1 aliphatic heterocycles. The quantitative estimate of drug-likeness (QED) is 0.804. The van der Waals surface area contributed by atoms with Crippen LogP contribution < -0.4 is 5.32 Å². The van der Waals surface area contributed by atoms with Crippen molar-refractivity contribution >= 4 is 5.91 Å². The van der Waals surface area contributed by atoms with Crippen LogP contribution in [0.2, 0.25) is 0 Å². The number of carbonyl (C=O) groups is 1. The van der Waals surface area contributed by atoms with E-state index in [0.29, 0.717) is 0 Å². The van der Waals surface area contributed by atoms with Gasteiger partial charge in [-0.2, -0.15) is 0 Å². The van der Waals surface area contributed by atoms with Gasteiger partial charge in [0, 0.05) is 6.54 Å². The van der Waals surface area contributed by atoms with Crippen LogP contribution in [0.15, 0.2) is 30.3 Å². The molecule has 1 aromatic carbocycles. The van der Waals surface area contributed by atoms with Crippen LogP contribution in [0.5, 0.6) is 0 Å². The maximum absolute atomic E-state index is 11.9. The SMILES string of the molecule is CN1CCCC1C(=O)NCCCc1ccccc1. The fraction of sp³-hybridized carbons (Fsp3) is 0.533. The van der Waals surface area contributed by atoms with Gasteiger partial charge in [-0.15, -0.1) is 0 Å². The molecule has 18 heavy (non-hydrogen) atoms. The van der Waals surface area contributed by atoms with Crippen LogP contribution in [-0.4, -0.2) is 37.0 Å². The normalized spacial score (nSPS) is 19.9. The molecule has 0 spiro atoms. The average molecular weight is 246 g/mol. The Hall–Kier alpha value is -1.35. The summed E-state index contributed by atoms with van der Waals surface area (Å²) >= 11 is 0. The van der Waals surface area contributed by atoms with E-state index in [-0.39, 0.29) is 11.9 Å². The number of hydrogen-bond acceptors (Lipinski definition) is 2. The predicted molar refractivity (Wildman–Crippen MR) is 73.4 cm³/mol. The number of amides is 1. The van der Waals surface area contributed by atoms with E-state index >= 15 is 0 Å². The fourth-order valence-corrected chi connectivity index (χ4v) is 2.51. The summed E-state index contributed by atoms with van der Waals surface area (Å²) in [6, 6.07) is 10.5. The number of likely N-dealkylation sites (tertiary alicyclic amines) is 1. The van der Waals surface area contributed by atoms with Gasteiger partial charge >= 0.3 is 0 Å². The van der Waals surface area contributed by atoms with E-state index in [9.17, 15) is 4.79 Å². The molecule has 1 atom stereocenters. The lowest BCUT2D eigenvalue weighted by Crippen LogP contribution is -2.41. The van der Waals surface area contributed by atoms with Crippen molar-refractivity contribution in [1.29, 1.82) is 0 Å². The molecule has 1 aliphatic rings. The van der Waals surface area contributed by atoms with Gasteiger partial charge < -0.3 is 5.32 Å². The van der Waals surface area contributed by atoms with Crippen LogP contribution >= 0.6 is 0 Å². The van der Waals surface area contributed by atoms with Crippen molar-refractivity contribution in [2.45, 2.75) is 31.7 Å². The highest BCUT2D eigenvalue weighted by Crippen LogP contribution is 2.14. The molecule has 1 amide bonds. The molecule has 1 saturated heterocycles. The maximum atomic E-state index is 11.9. The molecule has 1 N–H and O–H groups in total. The first-order valence-corrected chi connectivity index (χ1v) is 6.79. The smallest absolute Gasteiger partial charge is 0.237 e. The van der Waals surface area contributed by atoms with Gasteiger partial charge in [0.2, 0.25) is 5.91 Å². The Morgan fingerprint density at radius 1 is 1.39 bits per heavy atom. The van der Waals surface area contributed by atoms with E-state index in [2.05, 4.69) is 34.5 Å². The number of nitrogens with zero attached hydrogens (tertiary/aromatic N) is 1. The number of hydrogen-bond donors (Lipinski definition) is 1. The van der Waals surface area contributed by atoms with Gasteiger partial charge in [0.05, 0.1) is 6.04 Å². The van der Waals surface area contributed by atoms with E-state index in [1.54, 1.807) is 0 Å². The van der Waals surface area contributed by atoms with Gasteiger partial charge in [-0.3, -0.25) is 9.69 Å². The van der Waals surface area contributed by atoms with Crippen LogP contribution in [0.4, 0.5) is 0 Å². The van der Waals surface area contributed by atoms with Crippen LogP contribution in [0.3, 0.4) is 0 Å². The topological polar surface area (TPSA) is 32.3 Å². The highest BCUT2D eigenvalue weighted by atomic mass is 16.2. The molecule has 0 aromatic heterocycles. The molecule has 98 valence electrons. The zero-order chi connectivity index (χ0) is 12.8. The second-order valence-electron chi connectivity index (χ2n) is 5.02. The number of aryl methyl sites for hydroxylation is 1. The van der Waals surface area contributed by atoms with E-state index in [4.69, 9.17) is 0 Å². The summed E-state index contributed by atoms with van der Waals surface area (Å²) in [5, 5.41) is 3.04. The third-order valence-electron chi connectivity index (χ3n) is 3.61. The van der Waals surface area contributed by atoms with Crippen molar-refractivity contribution in [2.24, 2.45) is 0 Å². The van der Waals surface area contributed by atoms with Gasteiger partial charge in [0.15, 0.2) is 0 Å². The lowest BCUT2D eigenvalue weighted by atomic mass is 10.1. The van der Waals surface area contributed by atoms with Crippen molar-refractivity contribution < 1.29 is 4.79 Å². The highest BCUT2D eigenvalue weighted by Gasteiger charge is 2.26. The molecule has 0 radical (unpaired) electrons. The Morgan fingerprint density at radius 3 is 2.83 bits per heavy atom. The Labute approximate surface area is 109 Å². The van der Waals surface area contributed by atoms with Crippen molar-refractivity contribution in [2.75, 3.05) is 20.1 Å². The average Bonchev–Trinajstić information content (AvgIpc) is 2.82. The monoisotopic (exact) mass is 246 g/mol. The molecule has 1 aromatic rings. The van der Waals surface area contributed by atoms with E-state index < -0.39 is 0 Å². The zero-order valence-corrected chi connectivity index (χ0v) is 11.1. The van der Waals surface area contributed by atoms with Crippen molar-refractivity contribution in [3.05, 3.63) is 35.9 Å². The summed E-state index contributed by atoms with van der Waals surface area (Å²) < 4.78 is 0. The largest absolute Gasteiger partial charge is 0.355 e. The Balaban J connectivity index is 1.65. The van der Waals surface area contributed by atoms with E-state index in [0.717, 1.165) is 38.8 Å². The predicted octanol–water partition coefficient (Wildman–Crippen LogP) is 1.83. The van der Waals surface area contributed by atoms with Crippen LogP contribution in [0.1, 0.15) is 24.8 Å². The lowest BCUT2D eigenvalue weighted by molar-refractivity contribution is -0.125. The maximum Gasteiger partial charge on any atom is 0.237 e. The van der Waals surface area contributed by atoms with Crippen molar-refractivity contribution in [3.8, 4) is 0 Å². The first-order chi connectivity index (χ1) is 8.77. The summed E-state index contributed by atoms with van der Waals surface area (Å²) in [6.07, 6.45) is 4.17. The standard InChI is InChI=1S/C15H22N2O/c1-17-12-6-10-14(17)15(18)16-11-5-9-13-7-3-2-4-8-13/h2-4,7-8,14H,5-6,9-12H2,1H3,(H,16,18). The Kier molecular flexibility index (Phi) is 4.76. The third-order valence-corrected chi connectivity index (χ3v) is 3.61. The van der Waals surface area contributed by atoms with Gasteiger partial charge in [0.25, 0.3) is 0 Å². The highest BCUT2D eigenvalue weighted by molar-refractivity contribution is 5.81. The Morgan fingerprint density at radius 2 is 2.17 bits per heavy atom. The molecule has 1 fully saturated rings. The Bertz CT molecular complexity index is 377. The van der Waals surface area contributed by atoms with Crippen LogP contribution in [-0.2, 0) is 11.2 Å². The molecular formula is C15H22N2O. The number of benzene rings is 1. The molecule has 3 heteroatoms. The summed E-state index contributed by atoms with van der Waals surface area (Å²) in [5.41, 5.74) is 1.34. The molecular weight excluding hydrogens is 224 g/mol. The molecule has 1 unspecified atom stereocenters. The molecule has 0 saturated carbocycles. The minimum Gasteiger partial charge on any atom is -0.355 e. The minimum absolute atomic E-state index is 0.0988. The summed E-state index contributed by atoms with van der Waals surface area (Å²) in [4.78, 5) is 14.1. The first-order valence-electron chi connectivity index (χ1n) is 6.79. The second kappa shape index (κ2) is 6.55. The summed E-state index contributed by atoms with van der Waals surface area (Å²) in [7, 11) is 2.03. The second-order valence-corrected chi connectivity index (χ2v) is 5.02. The number of carbonyl (C=O) groups excluding carboxylic acids is 1. The number of rotatable bonds is 5. The molecule has 0 bridgehead atoms. The van der Waals surface area contributed by atoms with Crippen molar-refractivity contribution in [3.63, 3.8) is 0 Å². The number of nitrogens with one attached hydrogen (secondary N) is 1. The summed E-state index contributed by atoms with van der Waals surface area (Å²) in [6.45, 7) is 1.82. The van der Waals surface area contributed by atoms with E-state index in [1.165, 1.54) is 5.56 Å². The lowest BCUT2D eigenvalue weighted by Gasteiger charge is -2.18. The zero-order valence-electron chi connectivity index (χ0n) is 11.1. The van der Waals surface area contributed by atoms with Crippen molar-refractivity contribution in [1.82, 2.24) is 10.2 Å². The van der Waals surface area contributed by atoms with Gasteiger partial charge in [-0.1, -0.05) is 30.3 Å².